The summed E-state index contributed by atoms with van der Waals surface area (Å²) < 4.78 is 65.0. The Morgan fingerprint density at radius 3 is 2.34 bits per heavy atom. The number of carbonyl (C=O) groups is 1. The van der Waals surface area contributed by atoms with E-state index >= 15 is 0 Å². The number of halogens is 4. The number of rotatable bonds is 5. The maximum atomic E-state index is 13.3. The van der Waals surface area contributed by atoms with Gasteiger partial charge in [0.25, 0.3) is 5.91 Å². The van der Waals surface area contributed by atoms with Crippen LogP contribution in [0.5, 0.6) is 0 Å². The fraction of sp³-hybridized carbons (Fsp3) is 0.0526. The first-order valence-corrected chi connectivity index (χ1v) is 10.1. The third kappa shape index (κ3) is 4.75. The summed E-state index contributed by atoms with van der Waals surface area (Å²) in [7, 11) is -3.94. The van der Waals surface area contributed by atoms with E-state index in [1.165, 1.54) is 24.4 Å². The highest BCUT2D eigenvalue weighted by Crippen LogP contribution is 2.26. The molecule has 0 bridgehead atoms. The van der Waals surface area contributed by atoms with Gasteiger partial charge in [0.1, 0.15) is 0 Å². The van der Waals surface area contributed by atoms with E-state index in [0.717, 1.165) is 6.07 Å². The topological polar surface area (TPSA) is 76.1 Å². The molecule has 2 aromatic carbocycles. The zero-order valence-electron chi connectivity index (χ0n) is 14.5. The molecule has 10 heteroatoms. The zero-order valence-corrected chi connectivity index (χ0v) is 16.1. The predicted molar refractivity (Wildman–Crippen MR) is 101 cm³/mol. The highest BCUT2D eigenvalue weighted by Gasteiger charge is 2.22. The van der Waals surface area contributed by atoms with Gasteiger partial charge in [-0.2, -0.15) is 0 Å². The number of sulfone groups is 1. The average Bonchev–Trinajstić information content (AvgIpc) is 2.66. The van der Waals surface area contributed by atoms with Crippen molar-refractivity contribution in [3.05, 3.63) is 88.5 Å². The van der Waals surface area contributed by atoms with Crippen LogP contribution in [0.1, 0.15) is 16.1 Å². The van der Waals surface area contributed by atoms with E-state index in [4.69, 9.17) is 11.6 Å². The fourth-order valence-corrected chi connectivity index (χ4v) is 4.33. The lowest BCUT2D eigenvalue weighted by atomic mass is 10.2. The van der Waals surface area contributed by atoms with Gasteiger partial charge in [0.2, 0.25) is 0 Å². The quantitative estimate of drug-likeness (QED) is 0.597. The molecule has 0 saturated heterocycles. The minimum atomic E-state index is -3.94. The average molecular weight is 441 g/mol. The van der Waals surface area contributed by atoms with E-state index in [1.54, 1.807) is 12.1 Å². The predicted octanol–water partition coefficient (Wildman–Crippen LogP) is 4.38. The Hall–Kier alpha value is -2.91. The largest absolute Gasteiger partial charge is 0.322 e. The minimum absolute atomic E-state index is 0.101. The van der Waals surface area contributed by atoms with Crippen LogP contribution >= 0.6 is 11.6 Å². The molecule has 0 aliphatic carbocycles. The molecule has 1 amide bonds. The summed E-state index contributed by atoms with van der Waals surface area (Å²) in [5, 5.41) is 2.08. The van der Waals surface area contributed by atoms with E-state index in [1.807, 2.05) is 0 Å². The summed E-state index contributed by atoms with van der Waals surface area (Å²) in [5.74, 6) is -5.92. The van der Waals surface area contributed by atoms with Crippen LogP contribution < -0.4 is 5.32 Å². The van der Waals surface area contributed by atoms with Crippen molar-refractivity contribution < 1.29 is 26.4 Å². The first-order valence-electron chi connectivity index (χ1n) is 8.05. The molecule has 0 saturated carbocycles. The van der Waals surface area contributed by atoms with Gasteiger partial charge in [-0.05, 0) is 30.3 Å². The second-order valence-electron chi connectivity index (χ2n) is 5.93. The van der Waals surface area contributed by atoms with Crippen LogP contribution in [0.25, 0.3) is 0 Å². The summed E-state index contributed by atoms with van der Waals surface area (Å²) in [6, 6.07) is 9.50. The molecule has 0 atom stereocenters. The first kappa shape index (κ1) is 20.8. The number of pyridine rings is 1. The van der Waals surface area contributed by atoms with Crippen LogP contribution in [-0.2, 0) is 15.6 Å². The van der Waals surface area contributed by atoms with Crippen LogP contribution in [0.4, 0.5) is 18.9 Å². The van der Waals surface area contributed by atoms with Gasteiger partial charge in [0.05, 0.1) is 21.4 Å². The zero-order chi connectivity index (χ0) is 21.2. The maximum absolute atomic E-state index is 13.3. The third-order valence-corrected chi connectivity index (χ3v) is 5.96. The molecule has 0 aliphatic heterocycles. The van der Waals surface area contributed by atoms with Crippen molar-refractivity contribution in [1.29, 1.82) is 0 Å². The standard InChI is InChI=1S/C19H12ClF3N2O3S/c20-14-5-4-11(19(26)25-13-8-15(21)18(23)16(22)9-13)7-17(14)29(27,28)10-12-3-1-2-6-24-12/h1-9H,10H2,(H,25,26). The number of nitrogens with zero attached hydrogens (tertiary/aromatic N) is 1. The van der Waals surface area contributed by atoms with Crippen molar-refractivity contribution in [3.8, 4) is 0 Å². The van der Waals surface area contributed by atoms with Gasteiger partial charge >= 0.3 is 0 Å². The second kappa shape index (κ2) is 8.22. The van der Waals surface area contributed by atoms with Crippen molar-refractivity contribution in [2.24, 2.45) is 0 Å². The molecule has 0 unspecified atom stereocenters. The Morgan fingerprint density at radius 1 is 1.03 bits per heavy atom. The van der Waals surface area contributed by atoms with Gasteiger partial charge in [-0.1, -0.05) is 17.7 Å². The molecule has 3 rings (SSSR count). The molecule has 1 aromatic heterocycles. The smallest absolute Gasteiger partial charge is 0.255 e. The highest BCUT2D eigenvalue weighted by molar-refractivity contribution is 7.90. The molecule has 5 nitrogen and oxygen atoms in total. The molecule has 1 N–H and O–H groups in total. The molecule has 0 aliphatic rings. The summed E-state index contributed by atoms with van der Waals surface area (Å²) in [6.45, 7) is 0. The molecule has 3 aromatic rings. The van der Waals surface area contributed by atoms with Gasteiger partial charge < -0.3 is 5.32 Å². The van der Waals surface area contributed by atoms with Crippen LogP contribution in [-0.4, -0.2) is 19.3 Å². The van der Waals surface area contributed by atoms with Crippen LogP contribution in [0.3, 0.4) is 0 Å². The van der Waals surface area contributed by atoms with Crippen molar-refractivity contribution in [1.82, 2.24) is 4.98 Å². The number of anilines is 1. The van der Waals surface area contributed by atoms with Gasteiger partial charge in [0, 0.05) is 29.6 Å². The van der Waals surface area contributed by atoms with Crippen molar-refractivity contribution in [2.45, 2.75) is 10.6 Å². The molecule has 0 fully saturated rings. The number of amides is 1. The second-order valence-corrected chi connectivity index (χ2v) is 8.30. The van der Waals surface area contributed by atoms with E-state index in [2.05, 4.69) is 10.3 Å². The maximum Gasteiger partial charge on any atom is 0.255 e. The summed E-state index contributed by atoms with van der Waals surface area (Å²) in [5.41, 5.74) is -0.172. The fourth-order valence-electron chi connectivity index (χ4n) is 2.47. The molecule has 0 spiro atoms. The molecule has 0 radical (unpaired) electrons. The SMILES string of the molecule is O=C(Nc1cc(F)c(F)c(F)c1)c1ccc(Cl)c(S(=O)(=O)Cc2ccccn2)c1. The van der Waals surface area contributed by atoms with Gasteiger partial charge in [-0.3, -0.25) is 9.78 Å². The van der Waals surface area contributed by atoms with E-state index in [9.17, 15) is 26.4 Å². The number of nitrogens with one attached hydrogen (secondary N) is 1. The number of carbonyl (C=O) groups excluding carboxylic acids is 1. The van der Waals surface area contributed by atoms with Crippen molar-refractivity contribution >= 4 is 33.0 Å². The number of hydrogen-bond donors (Lipinski definition) is 1. The lowest BCUT2D eigenvalue weighted by Crippen LogP contribution is -2.14. The van der Waals surface area contributed by atoms with Crippen LogP contribution in [0, 0.1) is 17.5 Å². The van der Waals surface area contributed by atoms with Crippen LogP contribution in [0.2, 0.25) is 5.02 Å². The van der Waals surface area contributed by atoms with Crippen molar-refractivity contribution in [3.63, 3.8) is 0 Å². The Morgan fingerprint density at radius 2 is 1.72 bits per heavy atom. The third-order valence-electron chi connectivity index (χ3n) is 3.83. The lowest BCUT2D eigenvalue weighted by Gasteiger charge is -2.10. The van der Waals surface area contributed by atoms with E-state index in [-0.39, 0.29) is 26.9 Å². The Bertz CT molecular complexity index is 1170. The Labute approximate surface area is 169 Å². The minimum Gasteiger partial charge on any atom is -0.322 e. The van der Waals surface area contributed by atoms with Gasteiger partial charge in [0.15, 0.2) is 27.3 Å². The normalized spacial score (nSPS) is 11.3. The van der Waals surface area contributed by atoms with Crippen LogP contribution in [0.15, 0.2) is 59.6 Å². The lowest BCUT2D eigenvalue weighted by molar-refractivity contribution is 0.102. The van der Waals surface area contributed by atoms with Gasteiger partial charge in [-0.25, -0.2) is 21.6 Å². The van der Waals surface area contributed by atoms with Crippen molar-refractivity contribution in [2.75, 3.05) is 5.32 Å². The number of benzene rings is 2. The molecular formula is C19H12ClF3N2O3S. The van der Waals surface area contributed by atoms with Gasteiger partial charge in [-0.15, -0.1) is 0 Å². The van der Waals surface area contributed by atoms with E-state index in [0.29, 0.717) is 12.1 Å². The molecule has 29 heavy (non-hydrogen) atoms. The Balaban J connectivity index is 1.89. The molecular weight excluding hydrogens is 429 g/mol. The summed E-state index contributed by atoms with van der Waals surface area (Å²) in [6.07, 6.45) is 1.44. The summed E-state index contributed by atoms with van der Waals surface area (Å²) >= 11 is 6.00. The first-order chi connectivity index (χ1) is 13.7. The molecule has 1 heterocycles. The number of hydrogen-bond acceptors (Lipinski definition) is 4. The summed E-state index contributed by atoms with van der Waals surface area (Å²) in [4.78, 5) is 16.0. The number of aromatic nitrogens is 1. The Kier molecular flexibility index (Phi) is 5.90. The highest BCUT2D eigenvalue weighted by atomic mass is 35.5. The van der Waals surface area contributed by atoms with E-state index < -0.39 is 38.9 Å². The monoisotopic (exact) mass is 440 g/mol. The molecule has 150 valence electrons.